The highest BCUT2D eigenvalue weighted by molar-refractivity contribution is 5.54. The lowest BCUT2D eigenvalue weighted by molar-refractivity contribution is 0.0659. The second-order valence-corrected chi connectivity index (χ2v) is 4.38. The number of hydrogen-bond donors (Lipinski definition) is 1. The van der Waals surface area contributed by atoms with E-state index in [2.05, 4.69) is 43.4 Å². The first-order valence-corrected chi connectivity index (χ1v) is 5.72. The standard InChI is InChI=1S/C13H19NO/c1-10(2)15-9-11-7-8-14-13-6-4-3-5-12(11)13/h3-6,10-11,14H,7-9H2,1-2H3. The predicted molar refractivity (Wildman–Crippen MR) is 63.4 cm³/mol. The van der Waals surface area contributed by atoms with Gasteiger partial charge in [-0.25, -0.2) is 0 Å². The van der Waals surface area contributed by atoms with Gasteiger partial charge in [-0.15, -0.1) is 0 Å². The molecular formula is C13H19NO. The summed E-state index contributed by atoms with van der Waals surface area (Å²) >= 11 is 0. The van der Waals surface area contributed by atoms with Gasteiger partial charge in [0.2, 0.25) is 0 Å². The SMILES string of the molecule is CC(C)OCC1CCNc2ccccc21. The van der Waals surface area contributed by atoms with Gasteiger partial charge in [0.1, 0.15) is 0 Å². The molecule has 1 N–H and O–H groups in total. The number of nitrogens with one attached hydrogen (secondary N) is 1. The summed E-state index contributed by atoms with van der Waals surface area (Å²) in [5.41, 5.74) is 2.69. The Bertz CT molecular complexity index is 322. The Balaban J connectivity index is 2.08. The Labute approximate surface area is 91.6 Å². The molecule has 1 aromatic carbocycles. The molecule has 1 aliphatic rings. The first kappa shape index (κ1) is 10.5. The van der Waals surface area contributed by atoms with Crippen LogP contribution in [0, 0.1) is 0 Å². The highest BCUT2D eigenvalue weighted by Crippen LogP contribution is 2.31. The molecule has 1 heterocycles. The summed E-state index contributed by atoms with van der Waals surface area (Å²) in [6, 6.07) is 8.54. The van der Waals surface area contributed by atoms with Crippen molar-refractivity contribution in [3.8, 4) is 0 Å². The average molecular weight is 205 g/mol. The molecule has 0 saturated heterocycles. The molecule has 0 fully saturated rings. The molecule has 0 aromatic heterocycles. The zero-order chi connectivity index (χ0) is 10.7. The molecule has 1 aromatic rings. The van der Waals surface area contributed by atoms with Crippen LogP contribution in [0.2, 0.25) is 0 Å². The molecule has 0 spiro atoms. The minimum Gasteiger partial charge on any atom is -0.385 e. The summed E-state index contributed by atoms with van der Waals surface area (Å²) in [5, 5.41) is 3.42. The number of anilines is 1. The molecule has 2 heteroatoms. The van der Waals surface area contributed by atoms with E-state index in [0.29, 0.717) is 12.0 Å². The zero-order valence-electron chi connectivity index (χ0n) is 9.49. The lowest BCUT2D eigenvalue weighted by atomic mass is 9.92. The molecule has 1 aliphatic heterocycles. The third-order valence-electron chi connectivity index (χ3n) is 2.84. The molecule has 1 atom stereocenters. The molecule has 82 valence electrons. The fraction of sp³-hybridized carbons (Fsp3) is 0.538. The van der Waals surface area contributed by atoms with Crippen molar-refractivity contribution < 1.29 is 4.74 Å². The number of ether oxygens (including phenoxy) is 1. The maximum atomic E-state index is 5.71. The zero-order valence-corrected chi connectivity index (χ0v) is 9.49. The maximum Gasteiger partial charge on any atom is 0.0539 e. The number of hydrogen-bond acceptors (Lipinski definition) is 2. The van der Waals surface area contributed by atoms with Crippen LogP contribution in [0.4, 0.5) is 5.69 Å². The van der Waals surface area contributed by atoms with Crippen LogP contribution in [0.3, 0.4) is 0 Å². The summed E-state index contributed by atoms with van der Waals surface area (Å²) in [6.45, 7) is 6.08. The average Bonchev–Trinajstić information content (AvgIpc) is 2.26. The van der Waals surface area contributed by atoms with E-state index < -0.39 is 0 Å². The van der Waals surface area contributed by atoms with E-state index in [1.54, 1.807) is 0 Å². The lowest BCUT2D eigenvalue weighted by Gasteiger charge is -2.27. The van der Waals surface area contributed by atoms with E-state index in [9.17, 15) is 0 Å². The minimum absolute atomic E-state index is 0.326. The molecule has 2 nitrogen and oxygen atoms in total. The Kier molecular flexibility index (Phi) is 3.27. The Morgan fingerprint density at radius 1 is 1.40 bits per heavy atom. The summed E-state index contributed by atoms with van der Waals surface area (Å²) in [7, 11) is 0. The van der Waals surface area contributed by atoms with Crippen LogP contribution < -0.4 is 5.32 Å². The summed E-state index contributed by atoms with van der Waals surface area (Å²) in [5.74, 6) is 0.560. The largest absolute Gasteiger partial charge is 0.385 e. The van der Waals surface area contributed by atoms with E-state index in [4.69, 9.17) is 4.74 Å². The molecule has 0 aliphatic carbocycles. The van der Waals surface area contributed by atoms with E-state index in [0.717, 1.165) is 13.2 Å². The second kappa shape index (κ2) is 4.67. The van der Waals surface area contributed by atoms with Gasteiger partial charge in [-0.05, 0) is 31.9 Å². The van der Waals surface area contributed by atoms with Crippen LogP contribution >= 0.6 is 0 Å². The highest BCUT2D eigenvalue weighted by Gasteiger charge is 2.19. The second-order valence-electron chi connectivity index (χ2n) is 4.38. The van der Waals surface area contributed by atoms with Crippen molar-refractivity contribution in [1.82, 2.24) is 0 Å². The van der Waals surface area contributed by atoms with Crippen molar-refractivity contribution in [3.63, 3.8) is 0 Å². The smallest absolute Gasteiger partial charge is 0.0539 e. The maximum absolute atomic E-state index is 5.71. The summed E-state index contributed by atoms with van der Waals surface area (Å²) < 4.78 is 5.71. The molecule has 15 heavy (non-hydrogen) atoms. The van der Waals surface area contributed by atoms with Crippen LogP contribution in [-0.4, -0.2) is 19.3 Å². The first-order chi connectivity index (χ1) is 7.27. The Morgan fingerprint density at radius 3 is 3.00 bits per heavy atom. The van der Waals surface area contributed by atoms with E-state index >= 15 is 0 Å². The third-order valence-corrected chi connectivity index (χ3v) is 2.84. The van der Waals surface area contributed by atoms with Gasteiger partial charge in [0.05, 0.1) is 12.7 Å². The fourth-order valence-corrected chi connectivity index (χ4v) is 2.03. The van der Waals surface area contributed by atoms with Crippen molar-refractivity contribution >= 4 is 5.69 Å². The normalized spacial score (nSPS) is 19.8. The molecule has 1 unspecified atom stereocenters. The van der Waals surface area contributed by atoms with Crippen LogP contribution in [-0.2, 0) is 4.74 Å². The van der Waals surface area contributed by atoms with Crippen molar-refractivity contribution in [2.24, 2.45) is 0 Å². The number of fused-ring (bicyclic) bond motifs is 1. The van der Waals surface area contributed by atoms with Gasteiger partial charge in [0.15, 0.2) is 0 Å². The van der Waals surface area contributed by atoms with Gasteiger partial charge < -0.3 is 10.1 Å². The van der Waals surface area contributed by atoms with Crippen molar-refractivity contribution in [3.05, 3.63) is 29.8 Å². The number of rotatable bonds is 3. The van der Waals surface area contributed by atoms with E-state index in [-0.39, 0.29) is 0 Å². The van der Waals surface area contributed by atoms with Gasteiger partial charge in [0, 0.05) is 18.2 Å². The van der Waals surface area contributed by atoms with Crippen LogP contribution in [0.15, 0.2) is 24.3 Å². The molecule has 0 saturated carbocycles. The summed E-state index contributed by atoms with van der Waals surface area (Å²) in [4.78, 5) is 0. The lowest BCUT2D eigenvalue weighted by Crippen LogP contribution is -2.21. The van der Waals surface area contributed by atoms with Gasteiger partial charge in [-0.3, -0.25) is 0 Å². The van der Waals surface area contributed by atoms with Gasteiger partial charge >= 0.3 is 0 Å². The van der Waals surface area contributed by atoms with Gasteiger partial charge in [-0.1, -0.05) is 18.2 Å². The quantitative estimate of drug-likeness (QED) is 0.819. The molecule has 2 rings (SSSR count). The van der Waals surface area contributed by atoms with Gasteiger partial charge in [-0.2, -0.15) is 0 Å². The first-order valence-electron chi connectivity index (χ1n) is 5.72. The third kappa shape index (κ3) is 2.51. The fourth-order valence-electron chi connectivity index (χ4n) is 2.03. The van der Waals surface area contributed by atoms with Gasteiger partial charge in [0.25, 0.3) is 0 Å². The Morgan fingerprint density at radius 2 is 2.20 bits per heavy atom. The highest BCUT2D eigenvalue weighted by atomic mass is 16.5. The topological polar surface area (TPSA) is 21.3 Å². The van der Waals surface area contributed by atoms with Crippen LogP contribution in [0.25, 0.3) is 0 Å². The number of benzene rings is 1. The van der Waals surface area contributed by atoms with E-state index in [1.165, 1.54) is 17.7 Å². The van der Waals surface area contributed by atoms with Crippen LogP contribution in [0.1, 0.15) is 31.7 Å². The summed E-state index contributed by atoms with van der Waals surface area (Å²) in [6.07, 6.45) is 1.50. The minimum atomic E-state index is 0.326. The van der Waals surface area contributed by atoms with E-state index in [1.807, 2.05) is 0 Å². The molecule has 0 amide bonds. The van der Waals surface area contributed by atoms with Crippen LogP contribution in [0.5, 0.6) is 0 Å². The predicted octanol–water partition coefficient (Wildman–Crippen LogP) is 3.01. The van der Waals surface area contributed by atoms with Crippen molar-refractivity contribution in [2.45, 2.75) is 32.3 Å². The number of para-hydroxylation sites is 1. The Hall–Kier alpha value is -1.02. The monoisotopic (exact) mass is 205 g/mol. The van der Waals surface area contributed by atoms with Crippen molar-refractivity contribution in [2.75, 3.05) is 18.5 Å². The molecular weight excluding hydrogens is 186 g/mol. The van der Waals surface area contributed by atoms with Crippen molar-refractivity contribution in [1.29, 1.82) is 0 Å². The molecule has 0 radical (unpaired) electrons. The molecule has 0 bridgehead atoms.